The second-order valence-corrected chi connectivity index (χ2v) is 17.7. The van der Waals surface area contributed by atoms with Crippen molar-refractivity contribution < 1.29 is 44.8 Å². The summed E-state index contributed by atoms with van der Waals surface area (Å²) in [6.07, 6.45) is -0.212. The molecule has 6 aliphatic rings. The molecule has 4 saturated carbocycles. The highest BCUT2D eigenvalue weighted by Crippen LogP contribution is 2.76. The van der Waals surface area contributed by atoms with Crippen molar-refractivity contribution in [3.05, 3.63) is 11.6 Å². The highest BCUT2D eigenvalue weighted by molar-refractivity contribution is 5.23. The molecule has 0 aromatic heterocycles. The lowest BCUT2D eigenvalue weighted by molar-refractivity contribution is -0.334. The molecule has 6 rings (SSSR count). The molecule has 6 N–H and O–H groups in total. The van der Waals surface area contributed by atoms with Crippen LogP contribution in [0.4, 0.5) is 0 Å². The van der Waals surface area contributed by atoms with Gasteiger partial charge in [-0.05, 0) is 105 Å². The monoisotopic (exact) mass is 636 g/mol. The zero-order valence-corrected chi connectivity index (χ0v) is 28.6. The molecule has 0 amide bonds. The van der Waals surface area contributed by atoms with Crippen LogP contribution in [0.15, 0.2) is 11.6 Å². The van der Waals surface area contributed by atoms with Crippen LogP contribution in [0.3, 0.4) is 0 Å². The first-order valence-corrected chi connectivity index (χ1v) is 17.5. The number of aliphatic hydroxyl groups excluding tert-OH is 6. The van der Waals surface area contributed by atoms with Gasteiger partial charge in [0.25, 0.3) is 0 Å². The third-order valence-electron chi connectivity index (χ3n) is 14.7. The summed E-state index contributed by atoms with van der Waals surface area (Å²) in [6.45, 7) is 17.2. The van der Waals surface area contributed by atoms with Crippen molar-refractivity contribution in [3.8, 4) is 0 Å². The van der Waals surface area contributed by atoms with Crippen LogP contribution < -0.4 is 0 Å². The van der Waals surface area contributed by atoms with E-state index in [0.29, 0.717) is 18.8 Å². The highest BCUT2D eigenvalue weighted by atomic mass is 16.7. The zero-order chi connectivity index (χ0) is 33.1. The van der Waals surface area contributed by atoms with Crippen LogP contribution >= 0.6 is 0 Å². The van der Waals surface area contributed by atoms with Crippen LogP contribution in [0.1, 0.15) is 100 Å². The minimum Gasteiger partial charge on any atom is -0.394 e. The summed E-state index contributed by atoms with van der Waals surface area (Å²) in [5.41, 5.74) is -0.547. The first-order chi connectivity index (χ1) is 20.8. The van der Waals surface area contributed by atoms with Crippen molar-refractivity contribution in [2.24, 2.45) is 45.3 Å². The standard InChI is InChI=1S/C36H60O9/c1-18(2)13-19-15-36(8,45-31-29(42)28(41)27(40)23(17-37)44-31)20-9-12-34(6)26(20)22(43-19)14-24-33(5)11-10-25(39)32(3,4)30(33)21(38)16-35(24,34)7/h13,19-31,37-42H,9-12,14-17H2,1-8H3/t19-,20-,21-,22-,23-,24+,25+,26-,27-,28+,29-,30+,31-,33-,34+,35+,36-/m0/s1. The summed E-state index contributed by atoms with van der Waals surface area (Å²) in [4.78, 5) is 0. The summed E-state index contributed by atoms with van der Waals surface area (Å²) < 4.78 is 19.9. The van der Waals surface area contributed by atoms with Crippen LogP contribution in [0.5, 0.6) is 0 Å². The molecular weight excluding hydrogens is 576 g/mol. The van der Waals surface area contributed by atoms with E-state index in [0.717, 1.165) is 37.7 Å². The SMILES string of the molecule is CC(C)=C[C@H]1C[C@](C)(O[C@@H]2O[C@@H](CO)[C@H](O)[C@@H](O)[C@@H]2O)[C@H]2CC[C@]3(C)[C@@H]2[C@H](C[C@@H]2[C@]4(C)CC[C@@H](O)C(C)(C)[C@H]4[C@@H](O)C[C@]23C)O1. The Morgan fingerprint density at radius 2 is 1.53 bits per heavy atom. The van der Waals surface area contributed by atoms with E-state index in [2.05, 4.69) is 61.5 Å². The maximum absolute atomic E-state index is 12.0. The van der Waals surface area contributed by atoms with Gasteiger partial charge in [0, 0.05) is 6.42 Å². The van der Waals surface area contributed by atoms with Gasteiger partial charge in [-0.3, -0.25) is 0 Å². The van der Waals surface area contributed by atoms with E-state index >= 15 is 0 Å². The largest absolute Gasteiger partial charge is 0.394 e. The summed E-state index contributed by atoms with van der Waals surface area (Å²) >= 11 is 0. The number of allylic oxidation sites excluding steroid dienone is 1. The average Bonchev–Trinajstić information content (AvgIpc) is 3.27. The van der Waals surface area contributed by atoms with Gasteiger partial charge in [0.2, 0.25) is 0 Å². The second-order valence-electron chi connectivity index (χ2n) is 17.7. The number of ether oxygens (including phenoxy) is 3. The van der Waals surface area contributed by atoms with E-state index in [4.69, 9.17) is 14.2 Å². The van der Waals surface area contributed by atoms with E-state index in [-0.39, 0.29) is 46.2 Å². The van der Waals surface area contributed by atoms with E-state index < -0.39 is 60.5 Å². The van der Waals surface area contributed by atoms with E-state index in [9.17, 15) is 30.6 Å². The van der Waals surface area contributed by atoms with Gasteiger partial charge >= 0.3 is 0 Å². The Hall–Kier alpha value is -0.620. The fraction of sp³-hybridized carbons (Fsp3) is 0.944. The Morgan fingerprint density at radius 1 is 0.844 bits per heavy atom. The van der Waals surface area contributed by atoms with Gasteiger partial charge in [-0.15, -0.1) is 0 Å². The molecule has 45 heavy (non-hydrogen) atoms. The molecular formula is C36H60O9. The lowest BCUT2D eigenvalue weighted by Crippen LogP contribution is -2.69. The Kier molecular flexibility index (Phi) is 8.53. The first kappa shape index (κ1) is 34.3. The van der Waals surface area contributed by atoms with Gasteiger partial charge in [-0.25, -0.2) is 0 Å². The Bertz CT molecular complexity index is 1150. The molecule has 0 aromatic carbocycles. The predicted molar refractivity (Wildman–Crippen MR) is 168 cm³/mol. The number of aliphatic hydroxyl groups is 6. The molecule has 0 unspecified atom stereocenters. The minimum atomic E-state index is -1.51. The lowest BCUT2D eigenvalue weighted by Gasteiger charge is -2.71. The van der Waals surface area contributed by atoms with Crippen molar-refractivity contribution in [1.82, 2.24) is 0 Å². The minimum absolute atomic E-state index is 0.0108. The summed E-state index contributed by atoms with van der Waals surface area (Å²) in [6, 6.07) is 0. The molecule has 2 heterocycles. The molecule has 2 saturated heterocycles. The Labute approximate surface area is 269 Å². The van der Waals surface area contributed by atoms with Gasteiger partial charge in [0.1, 0.15) is 24.4 Å². The van der Waals surface area contributed by atoms with Crippen molar-refractivity contribution in [2.45, 2.75) is 161 Å². The quantitative estimate of drug-likeness (QED) is 0.256. The van der Waals surface area contributed by atoms with Crippen LogP contribution in [0.25, 0.3) is 0 Å². The normalized spacial score (nSPS) is 57.2. The van der Waals surface area contributed by atoms with Gasteiger partial charge < -0.3 is 44.8 Å². The van der Waals surface area contributed by atoms with Gasteiger partial charge in [-0.2, -0.15) is 0 Å². The third-order valence-corrected chi connectivity index (χ3v) is 14.7. The number of hydrogen-bond donors (Lipinski definition) is 6. The smallest absolute Gasteiger partial charge is 0.187 e. The van der Waals surface area contributed by atoms with Crippen molar-refractivity contribution in [1.29, 1.82) is 0 Å². The topological polar surface area (TPSA) is 149 Å². The van der Waals surface area contributed by atoms with Gasteiger partial charge in [-0.1, -0.05) is 46.3 Å². The molecule has 258 valence electrons. The number of hydrogen-bond acceptors (Lipinski definition) is 9. The molecule has 2 aliphatic heterocycles. The van der Waals surface area contributed by atoms with E-state index in [1.54, 1.807) is 0 Å². The molecule has 0 bridgehead atoms. The molecule has 0 spiro atoms. The Morgan fingerprint density at radius 3 is 2.18 bits per heavy atom. The molecule has 9 nitrogen and oxygen atoms in total. The van der Waals surface area contributed by atoms with Crippen LogP contribution in [-0.2, 0) is 14.2 Å². The van der Waals surface area contributed by atoms with E-state index in [1.807, 2.05) is 0 Å². The zero-order valence-electron chi connectivity index (χ0n) is 28.6. The van der Waals surface area contributed by atoms with Crippen molar-refractivity contribution in [3.63, 3.8) is 0 Å². The average molecular weight is 637 g/mol. The van der Waals surface area contributed by atoms with Crippen LogP contribution in [-0.4, -0.2) is 98.0 Å². The predicted octanol–water partition coefficient (Wildman–Crippen LogP) is 3.31. The van der Waals surface area contributed by atoms with Crippen molar-refractivity contribution >= 4 is 0 Å². The third kappa shape index (κ3) is 4.88. The summed E-state index contributed by atoms with van der Waals surface area (Å²) in [7, 11) is 0. The van der Waals surface area contributed by atoms with E-state index in [1.165, 1.54) is 0 Å². The molecule has 0 aromatic rings. The lowest BCUT2D eigenvalue weighted by atomic mass is 9.34. The molecule has 9 heteroatoms. The molecule has 4 aliphatic carbocycles. The summed E-state index contributed by atoms with van der Waals surface area (Å²) in [5.74, 6) is 0.473. The van der Waals surface area contributed by atoms with Crippen molar-refractivity contribution in [2.75, 3.05) is 6.61 Å². The highest BCUT2D eigenvalue weighted by Gasteiger charge is 2.74. The number of rotatable bonds is 4. The summed E-state index contributed by atoms with van der Waals surface area (Å²) in [5, 5.41) is 65.0. The fourth-order valence-corrected chi connectivity index (χ4v) is 12.6. The van der Waals surface area contributed by atoms with Crippen LogP contribution in [0, 0.1) is 45.3 Å². The maximum Gasteiger partial charge on any atom is 0.187 e. The molecule has 0 radical (unpaired) electrons. The second kappa shape index (κ2) is 11.2. The number of fused-ring (bicyclic) bond motifs is 4. The fourth-order valence-electron chi connectivity index (χ4n) is 12.6. The maximum atomic E-state index is 12.0. The van der Waals surface area contributed by atoms with Gasteiger partial charge in [0.15, 0.2) is 6.29 Å². The Balaban J connectivity index is 1.41. The van der Waals surface area contributed by atoms with Crippen LogP contribution in [0.2, 0.25) is 0 Å². The molecule has 6 fully saturated rings. The molecule has 17 atom stereocenters. The first-order valence-electron chi connectivity index (χ1n) is 17.5. The van der Waals surface area contributed by atoms with Gasteiger partial charge in [0.05, 0.1) is 36.6 Å².